The molecule has 0 atom stereocenters. The Morgan fingerprint density at radius 1 is 1.25 bits per heavy atom. The number of rotatable bonds is 2. The van der Waals surface area contributed by atoms with E-state index in [4.69, 9.17) is 10.7 Å². The van der Waals surface area contributed by atoms with Gasteiger partial charge in [0.25, 0.3) is 9.05 Å². The molecule has 4 nitrogen and oxygen atoms in total. The highest BCUT2D eigenvalue weighted by atomic mass is 35.7. The van der Waals surface area contributed by atoms with Gasteiger partial charge in [-0.25, -0.2) is 8.42 Å². The van der Waals surface area contributed by atoms with Crippen molar-refractivity contribution in [3.8, 4) is 0 Å². The molecule has 16 heavy (non-hydrogen) atoms. The van der Waals surface area contributed by atoms with E-state index in [9.17, 15) is 8.42 Å². The zero-order valence-corrected chi connectivity index (χ0v) is 10.5. The summed E-state index contributed by atoms with van der Waals surface area (Å²) in [7, 11) is 1.62. The molecule has 0 aliphatic heterocycles. The monoisotopic (exact) mass is 262 g/mol. The third kappa shape index (κ3) is 2.77. The highest BCUT2D eigenvalue weighted by Gasteiger charge is 2.18. The van der Waals surface area contributed by atoms with Crippen LogP contribution in [0.5, 0.6) is 0 Å². The molecule has 0 saturated heterocycles. The maximum Gasteiger partial charge on any atom is 0.264 e. The summed E-state index contributed by atoms with van der Waals surface area (Å²) in [6.07, 6.45) is 9.91. The molecule has 1 aliphatic carbocycles. The van der Waals surface area contributed by atoms with E-state index < -0.39 is 9.05 Å². The summed E-state index contributed by atoms with van der Waals surface area (Å²) >= 11 is 0. The predicted octanol–water partition coefficient (Wildman–Crippen LogP) is 2.71. The van der Waals surface area contributed by atoms with E-state index >= 15 is 0 Å². The van der Waals surface area contributed by atoms with Crippen molar-refractivity contribution in [2.45, 2.75) is 49.5 Å². The van der Waals surface area contributed by atoms with Crippen molar-refractivity contribution in [1.29, 1.82) is 0 Å². The van der Waals surface area contributed by atoms with E-state index in [0.717, 1.165) is 12.8 Å². The van der Waals surface area contributed by atoms with Crippen molar-refractivity contribution >= 4 is 19.7 Å². The Morgan fingerprint density at radius 2 is 1.88 bits per heavy atom. The van der Waals surface area contributed by atoms with Gasteiger partial charge in [-0.05, 0) is 12.8 Å². The molecule has 0 radical (unpaired) electrons. The van der Waals surface area contributed by atoms with Crippen molar-refractivity contribution < 1.29 is 8.42 Å². The Kier molecular flexibility index (Phi) is 3.54. The lowest BCUT2D eigenvalue weighted by molar-refractivity contribution is 0.405. The van der Waals surface area contributed by atoms with Gasteiger partial charge in [-0.3, -0.25) is 4.68 Å². The summed E-state index contributed by atoms with van der Waals surface area (Å²) in [5, 5.41) is 4.10. The summed E-state index contributed by atoms with van der Waals surface area (Å²) in [5.74, 6) is 0. The Morgan fingerprint density at radius 3 is 2.38 bits per heavy atom. The average molecular weight is 263 g/mol. The van der Waals surface area contributed by atoms with Gasteiger partial charge < -0.3 is 0 Å². The molecular formula is C10H15ClN2O2S. The lowest BCUT2D eigenvalue weighted by Gasteiger charge is -2.13. The summed E-state index contributed by atoms with van der Waals surface area (Å²) in [6.45, 7) is 0. The summed E-state index contributed by atoms with van der Waals surface area (Å²) in [4.78, 5) is 0.0958. The van der Waals surface area contributed by atoms with Crippen LogP contribution >= 0.6 is 10.7 Å². The first-order valence-corrected chi connectivity index (χ1v) is 7.87. The lowest BCUT2D eigenvalue weighted by atomic mass is 10.1. The number of hydrogen-bond donors (Lipinski definition) is 0. The van der Waals surface area contributed by atoms with Gasteiger partial charge in [0.2, 0.25) is 0 Å². The fraction of sp³-hybridized carbons (Fsp3) is 0.700. The fourth-order valence-corrected chi connectivity index (χ4v) is 2.81. The van der Waals surface area contributed by atoms with E-state index in [-0.39, 0.29) is 4.90 Å². The van der Waals surface area contributed by atoms with Crippen LogP contribution in [-0.2, 0) is 9.05 Å². The number of hydrogen-bond acceptors (Lipinski definition) is 3. The van der Waals surface area contributed by atoms with E-state index in [2.05, 4.69) is 5.10 Å². The first-order valence-electron chi connectivity index (χ1n) is 5.56. The van der Waals surface area contributed by atoms with Crippen LogP contribution in [0.1, 0.15) is 44.6 Å². The molecule has 1 fully saturated rings. The SMILES string of the molecule is O=S(=O)(Cl)c1cnn(C2CCCCCC2)c1. The molecule has 1 aromatic rings. The minimum absolute atomic E-state index is 0.0958. The molecule has 0 N–H and O–H groups in total. The molecule has 1 aromatic heterocycles. The lowest BCUT2D eigenvalue weighted by Crippen LogP contribution is -2.08. The molecule has 1 aliphatic rings. The van der Waals surface area contributed by atoms with E-state index in [1.54, 1.807) is 10.9 Å². The first-order chi connectivity index (χ1) is 7.57. The van der Waals surface area contributed by atoms with Crippen molar-refractivity contribution in [1.82, 2.24) is 9.78 Å². The van der Waals surface area contributed by atoms with Crippen molar-refractivity contribution in [3.63, 3.8) is 0 Å². The highest BCUT2D eigenvalue weighted by molar-refractivity contribution is 8.13. The third-order valence-corrected chi connectivity index (χ3v) is 4.37. The van der Waals surface area contributed by atoms with Crippen LogP contribution in [0.3, 0.4) is 0 Å². The van der Waals surface area contributed by atoms with Crippen LogP contribution in [-0.4, -0.2) is 18.2 Å². The Labute approximate surface area is 100 Å². The van der Waals surface area contributed by atoms with Gasteiger partial charge >= 0.3 is 0 Å². The molecule has 0 aromatic carbocycles. The smallest absolute Gasteiger partial charge is 0.264 e. The summed E-state index contributed by atoms with van der Waals surface area (Å²) < 4.78 is 24.0. The molecule has 6 heteroatoms. The highest BCUT2D eigenvalue weighted by Crippen LogP contribution is 2.27. The van der Waals surface area contributed by atoms with E-state index in [1.165, 1.54) is 31.9 Å². The Balaban J connectivity index is 2.17. The topological polar surface area (TPSA) is 52.0 Å². The molecule has 1 saturated carbocycles. The number of aromatic nitrogens is 2. The van der Waals surface area contributed by atoms with Gasteiger partial charge in [-0.15, -0.1) is 0 Å². The second-order valence-corrected chi connectivity index (χ2v) is 6.81. The van der Waals surface area contributed by atoms with Crippen LogP contribution in [0.2, 0.25) is 0 Å². The van der Waals surface area contributed by atoms with Crippen molar-refractivity contribution in [2.75, 3.05) is 0 Å². The van der Waals surface area contributed by atoms with Gasteiger partial charge in [0.15, 0.2) is 0 Å². The minimum Gasteiger partial charge on any atom is -0.268 e. The minimum atomic E-state index is -3.64. The van der Waals surface area contributed by atoms with Crippen molar-refractivity contribution in [2.24, 2.45) is 0 Å². The van der Waals surface area contributed by atoms with Gasteiger partial charge in [-0.2, -0.15) is 5.10 Å². The number of halogens is 1. The van der Waals surface area contributed by atoms with Crippen LogP contribution in [0.15, 0.2) is 17.3 Å². The standard InChI is InChI=1S/C10H15ClN2O2S/c11-16(14,15)10-7-12-13(8-10)9-5-3-1-2-4-6-9/h7-9H,1-6H2. The van der Waals surface area contributed by atoms with Crippen LogP contribution in [0.4, 0.5) is 0 Å². The molecular weight excluding hydrogens is 248 g/mol. The van der Waals surface area contributed by atoms with Crippen molar-refractivity contribution in [3.05, 3.63) is 12.4 Å². The molecule has 0 amide bonds. The Hall–Kier alpha value is -0.550. The maximum atomic E-state index is 11.1. The number of nitrogens with zero attached hydrogens (tertiary/aromatic N) is 2. The van der Waals surface area contributed by atoms with Gasteiger partial charge in [0, 0.05) is 16.9 Å². The second-order valence-electron chi connectivity index (χ2n) is 4.24. The van der Waals surface area contributed by atoms with E-state index in [1.807, 2.05) is 0 Å². The average Bonchev–Trinajstić information content (AvgIpc) is 2.55. The molecule has 1 heterocycles. The molecule has 90 valence electrons. The van der Waals surface area contributed by atoms with Gasteiger partial charge in [-0.1, -0.05) is 25.7 Å². The normalized spacial score (nSPS) is 19.6. The van der Waals surface area contributed by atoms with Gasteiger partial charge in [0.05, 0.1) is 12.2 Å². The third-order valence-electron chi connectivity index (χ3n) is 3.06. The second kappa shape index (κ2) is 4.75. The van der Waals surface area contributed by atoms with E-state index in [0.29, 0.717) is 6.04 Å². The van der Waals surface area contributed by atoms with Crippen LogP contribution < -0.4 is 0 Å². The van der Waals surface area contributed by atoms with Crippen LogP contribution in [0, 0.1) is 0 Å². The summed E-state index contributed by atoms with van der Waals surface area (Å²) in [5.41, 5.74) is 0. The predicted molar refractivity (Wildman–Crippen MR) is 62.0 cm³/mol. The zero-order valence-electron chi connectivity index (χ0n) is 8.97. The van der Waals surface area contributed by atoms with Gasteiger partial charge in [0.1, 0.15) is 4.90 Å². The molecule has 2 rings (SSSR count). The molecule has 0 spiro atoms. The molecule has 0 unspecified atom stereocenters. The Bertz CT molecular complexity index is 447. The largest absolute Gasteiger partial charge is 0.268 e. The first kappa shape index (κ1) is 11.9. The summed E-state index contributed by atoms with van der Waals surface area (Å²) in [6, 6.07) is 0.328. The fourth-order valence-electron chi connectivity index (χ4n) is 2.17. The zero-order chi connectivity index (χ0) is 11.6. The van der Waals surface area contributed by atoms with Crippen LogP contribution in [0.25, 0.3) is 0 Å². The quantitative estimate of drug-likeness (QED) is 0.608. The maximum absolute atomic E-state index is 11.1. The molecule has 0 bridgehead atoms.